The number of carbonyl (C=O) groups is 2. The van der Waals surface area contributed by atoms with Crippen molar-refractivity contribution in [3.63, 3.8) is 0 Å². The van der Waals surface area contributed by atoms with E-state index < -0.39 is 40.2 Å². The Balaban J connectivity index is 4.66. The van der Waals surface area contributed by atoms with Crippen LogP contribution in [0.25, 0.3) is 0 Å². The summed E-state index contributed by atoms with van der Waals surface area (Å²) < 4.78 is 28.0. The molecule has 1 atom stereocenters. The van der Waals surface area contributed by atoms with Gasteiger partial charge in [0.2, 0.25) is 10.0 Å². The number of hydrogen-bond acceptors (Lipinski definition) is 6. The van der Waals surface area contributed by atoms with Crippen LogP contribution in [0.3, 0.4) is 0 Å². The summed E-state index contributed by atoms with van der Waals surface area (Å²) >= 11 is 0. The van der Waals surface area contributed by atoms with Gasteiger partial charge in [-0.2, -0.15) is 9.98 Å². The standard InChI is InChI=1S/C7H10N2O6S/c1-15-6(10)4-5(7(11)12)9-16(13,14)3-2-8/h5,9H,3-4H2,1H3,(H,11,12)/t5-/m0/s1. The molecule has 0 saturated carbocycles. The Morgan fingerprint density at radius 1 is 1.56 bits per heavy atom. The second-order valence-corrected chi connectivity index (χ2v) is 4.46. The Labute approximate surface area is 91.9 Å². The van der Waals surface area contributed by atoms with Crippen LogP contribution in [0.4, 0.5) is 0 Å². The average Bonchev–Trinajstić information content (AvgIpc) is 2.15. The van der Waals surface area contributed by atoms with Crippen LogP contribution in [0, 0.1) is 11.3 Å². The number of nitrogens with zero attached hydrogens (tertiary/aromatic N) is 1. The van der Waals surface area contributed by atoms with Crippen molar-refractivity contribution in [1.82, 2.24) is 4.72 Å². The number of sulfonamides is 1. The number of carboxylic acids is 1. The first-order valence-electron chi connectivity index (χ1n) is 3.99. The summed E-state index contributed by atoms with van der Waals surface area (Å²) in [6.45, 7) is 0. The molecule has 0 unspecified atom stereocenters. The number of methoxy groups -OCH3 is 1. The van der Waals surface area contributed by atoms with Crippen LogP contribution in [0.1, 0.15) is 6.42 Å². The van der Waals surface area contributed by atoms with Gasteiger partial charge in [0, 0.05) is 0 Å². The van der Waals surface area contributed by atoms with Crippen LogP contribution >= 0.6 is 0 Å². The highest BCUT2D eigenvalue weighted by molar-refractivity contribution is 7.89. The second kappa shape index (κ2) is 6.04. The van der Waals surface area contributed by atoms with E-state index in [1.807, 2.05) is 0 Å². The van der Waals surface area contributed by atoms with Crippen molar-refractivity contribution in [3.05, 3.63) is 0 Å². The normalized spacial score (nSPS) is 12.5. The van der Waals surface area contributed by atoms with E-state index in [1.54, 1.807) is 4.72 Å². The molecule has 2 N–H and O–H groups in total. The molecule has 0 aliphatic carbocycles. The molecule has 0 spiro atoms. The molecule has 0 amide bonds. The molecule has 8 nitrogen and oxygen atoms in total. The number of carboxylic acid groups (broad SMARTS) is 1. The number of nitriles is 1. The zero-order chi connectivity index (χ0) is 12.8. The Hall–Kier alpha value is -1.66. The Morgan fingerprint density at radius 2 is 2.12 bits per heavy atom. The highest BCUT2D eigenvalue weighted by Crippen LogP contribution is 1.98. The molecular weight excluding hydrogens is 240 g/mol. The fourth-order valence-corrected chi connectivity index (χ4v) is 1.64. The first-order valence-corrected chi connectivity index (χ1v) is 5.64. The van der Waals surface area contributed by atoms with E-state index in [1.165, 1.54) is 6.07 Å². The summed E-state index contributed by atoms with van der Waals surface area (Å²) in [5, 5.41) is 16.8. The molecule has 0 heterocycles. The van der Waals surface area contributed by atoms with Crippen LogP contribution in [0.5, 0.6) is 0 Å². The summed E-state index contributed by atoms with van der Waals surface area (Å²) in [4.78, 5) is 21.4. The van der Waals surface area contributed by atoms with Gasteiger partial charge >= 0.3 is 11.9 Å². The fraction of sp³-hybridized carbons (Fsp3) is 0.571. The van der Waals surface area contributed by atoms with Crippen molar-refractivity contribution >= 4 is 22.0 Å². The largest absolute Gasteiger partial charge is 0.480 e. The predicted octanol–water partition coefficient (Wildman–Crippen LogP) is -1.55. The summed E-state index contributed by atoms with van der Waals surface area (Å²) in [5.74, 6) is -3.27. The van der Waals surface area contributed by atoms with Crippen molar-refractivity contribution in [1.29, 1.82) is 5.26 Å². The zero-order valence-electron chi connectivity index (χ0n) is 8.34. The summed E-state index contributed by atoms with van der Waals surface area (Å²) in [6.07, 6.45) is -0.642. The lowest BCUT2D eigenvalue weighted by molar-refractivity contribution is -0.147. The molecule has 0 rings (SSSR count). The van der Waals surface area contributed by atoms with Gasteiger partial charge in [-0.3, -0.25) is 9.59 Å². The average molecular weight is 250 g/mol. The maximum absolute atomic E-state index is 11.1. The van der Waals surface area contributed by atoms with Gasteiger partial charge in [0.05, 0.1) is 19.6 Å². The van der Waals surface area contributed by atoms with Crippen molar-refractivity contribution in [2.24, 2.45) is 0 Å². The molecular formula is C7H10N2O6S. The van der Waals surface area contributed by atoms with E-state index in [9.17, 15) is 18.0 Å². The Kier molecular flexibility index (Phi) is 5.41. The summed E-state index contributed by atoms with van der Waals surface area (Å²) in [7, 11) is -2.98. The molecule has 9 heteroatoms. The molecule has 0 aromatic rings. The van der Waals surface area contributed by atoms with Crippen molar-refractivity contribution in [2.45, 2.75) is 12.5 Å². The molecule has 0 radical (unpaired) electrons. The monoisotopic (exact) mass is 250 g/mol. The number of esters is 1. The minimum Gasteiger partial charge on any atom is -0.480 e. The third-order valence-electron chi connectivity index (χ3n) is 1.47. The van der Waals surface area contributed by atoms with E-state index in [-0.39, 0.29) is 0 Å². The highest BCUT2D eigenvalue weighted by atomic mass is 32.2. The topological polar surface area (TPSA) is 134 Å². The zero-order valence-corrected chi connectivity index (χ0v) is 9.15. The second-order valence-electron chi connectivity index (χ2n) is 2.71. The maximum Gasteiger partial charge on any atom is 0.322 e. The van der Waals surface area contributed by atoms with Crippen LogP contribution < -0.4 is 4.72 Å². The minimum absolute atomic E-state index is 0.642. The van der Waals surface area contributed by atoms with Gasteiger partial charge in [-0.15, -0.1) is 0 Å². The first kappa shape index (κ1) is 14.3. The molecule has 16 heavy (non-hydrogen) atoms. The Morgan fingerprint density at radius 3 is 2.50 bits per heavy atom. The molecule has 0 bridgehead atoms. The third-order valence-corrected chi connectivity index (χ3v) is 2.63. The van der Waals surface area contributed by atoms with E-state index >= 15 is 0 Å². The summed E-state index contributed by atoms with van der Waals surface area (Å²) in [6, 6.07) is -0.274. The van der Waals surface area contributed by atoms with Crippen LogP contribution in [-0.4, -0.2) is 44.4 Å². The van der Waals surface area contributed by atoms with Gasteiger partial charge in [0.1, 0.15) is 6.04 Å². The van der Waals surface area contributed by atoms with Crippen LogP contribution in [0.2, 0.25) is 0 Å². The molecule has 0 aromatic carbocycles. The van der Waals surface area contributed by atoms with Crippen molar-refractivity contribution in [3.8, 4) is 6.07 Å². The molecule has 0 aromatic heterocycles. The third kappa shape index (κ3) is 5.28. The molecule has 0 aliphatic rings. The molecule has 0 saturated heterocycles. The van der Waals surface area contributed by atoms with E-state index in [0.717, 1.165) is 7.11 Å². The van der Waals surface area contributed by atoms with E-state index in [4.69, 9.17) is 10.4 Å². The van der Waals surface area contributed by atoms with Gasteiger partial charge in [-0.1, -0.05) is 0 Å². The lowest BCUT2D eigenvalue weighted by Crippen LogP contribution is -2.43. The predicted molar refractivity (Wildman–Crippen MR) is 50.6 cm³/mol. The van der Waals surface area contributed by atoms with Gasteiger partial charge in [-0.25, -0.2) is 8.42 Å². The Bertz CT molecular complexity index is 409. The first-order chi connectivity index (χ1) is 7.32. The van der Waals surface area contributed by atoms with Crippen LogP contribution in [0.15, 0.2) is 0 Å². The number of rotatable bonds is 6. The van der Waals surface area contributed by atoms with E-state index in [0.29, 0.717) is 0 Å². The van der Waals surface area contributed by atoms with Crippen molar-refractivity contribution in [2.75, 3.05) is 12.9 Å². The maximum atomic E-state index is 11.1. The lowest BCUT2D eigenvalue weighted by Gasteiger charge is -2.11. The quantitative estimate of drug-likeness (QED) is 0.545. The van der Waals surface area contributed by atoms with Gasteiger partial charge in [-0.05, 0) is 0 Å². The molecule has 90 valence electrons. The van der Waals surface area contributed by atoms with Crippen molar-refractivity contribution < 1.29 is 27.9 Å². The minimum atomic E-state index is -4.03. The fourth-order valence-electron chi connectivity index (χ4n) is 0.773. The lowest BCUT2D eigenvalue weighted by atomic mass is 10.2. The number of aliphatic carboxylic acids is 1. The summed E-state index contributed by atoms with van der Waals surface area (Å²) in [5.41, 5.74) is 0. The highest BCUT2D eigenvalue weighted by Gasteiger charge is 2.26. The number of carbonyl (C=O) groups excluding carboxylic acids is 1. The molecule has 0 aliphatic heterocycles. The van der Waals surface area contributed by atoms with Gasteiger partial charge in [0.25, 0.3) is 0 Å². The smallest absolute Gasteiger partial charge is 0.322 e. The number of ether oxygens (including phenoxy) is 1. The number of nitrogens with one attached hydrogen (secondary N) is 1. The van der Waals surface area contributed by atoms with Crippen LogP contribution in [-0.2, 0) is 24.3 Å². The SMILES string of the molecule is COC(=O)C[C@H](NS(=O)(=O)CC#N)C(=O)O. The number of hydrogen-bond donors (Lipinski definition) is 2. The van der Waals surface area contributed by atoms with Gasteiger partial charge < -0.3 is 9.84 Å². The van der Waals surface area contributed by atoms with E-state index in [2.05, 4.69) is 4.74 Å². The van der Waals surface area contributed by atoms with Gasteiger partial charge in [0.15, 0.2) is 5.75 Å². The molecule has 0 fully saturated rings.